The maximum absolute atomic E-state index is 3.77. The van der Waals surface area contributed by atoms with Gasteiger partial charge >= 0.3 is 0 Å². The van der Waals surface area contributed by atoms with Crippen molar-refractivity contribution in [2.45, 2.75) is 59.4 Å². The summed E-state index contributed by atoms with van der Waals surface area (Å²) < 4.78 is 0. The second kappa shape index (κ2) is 5.88. The summed E-state index contributed by atoms with van der Waals surface area (Å²) in [5, 5.41) is 3.77. The number of benzene rings is 1. The van der Waals surface area contributed by atoms with Crippen LogP contribution >= 0.6 is 0 Å². The van der Waals surface area contributed by atoms with Gasteiger partial charge < -0.3 is 5.32 Å². The van der Waals surface area contributed by atoms with Crippen LogP contribution < -0.4 is 5.32 Å². The average molecular weight is 245 g/mol. The number of rotatable bonds is 3. The van der Waals surface area contributed by atoms with Gasteiger partial charge in [0.2, 0.25) is 0 Å². The lowest BCUT2D eigenvalue weighted by atomic mass is 9.90. The molecular formula is C17H27N. The third kappa shape index (κ3) is 2.77. The average Bonchev–Trinajstić information content (AvgIpc) is 2.51. The van der Waals surface area contributed by atoms with Crippen molar-refractivity contribution in [1.29, 1.82) is 0 Å². The van der Waals surface area contributed by atoms with Gasteiger partial charge in [0.1, 0.15) is 0 Å². The highest BCUT2D eigenvalue weighted by molar-refractivity contribution is 5.43. The fraction of sp³-hybridized carbons (Fsp3) is 0.647. The van der Waals surface area contributed by atoms with Crippen LogP contribution in [0, 0.1) is 19.8 Å². The third-order valence-corrected chi connectivity index (χ3v) is 4.32. The maximum atomic E-state index is 3.77. The van der Waals surface area contributed by atoms with Crippen molar-refractivity contribution >= 4 is 0 Å². The standard InChI is InChI=1S/C17H27N/c1-5-10-18-16-11-12(2)6-9-15-13(3)7-8-14(4)17(15)16/h7-8,12,16,18H,5-6,9-11H2,1-4H3. The molecule has 2 rings (SSSR count). The predicted molar refractivity (Wildman–Crippen MR) is 79.1 cm³/mol. The molecule has 1 heteroatoms. The molecular weight excluding hydrogens is 218 g/mol. The molecule has 1 nitrogen and oxygen atoms in total. The highest BCUT2D eigenvalue weighted by Gasteiger charge is 2.24. The van der Waals surface area contributed by atoms with Gasteiger partial charge in [-0.3, -0.25) is 0 Å². The van der Waals surface area contributed by atoms with Crippen molar-refractivity contribution in [3.63, 3.8) is 0 Å². The molecule has 1 aliphatic rings. The second-order valence-electron chi connectivity index (χ2n) is 5.98. The summed E-state index contributed by atoms with van der Waals surface area (Å²) in [6.45, 7) is 10.3. The van der Waals surface area contributed by atoms with Crippen LogP contribution in [0.15, 0.2) is 12.1 Å². The van der Waals surface area contributed by atoms with Crippen molar-refractivity contribution in [3.8, 4) is 0 Å². The Balaban J connectivity index is 2.39. The number of nitrogens with one attached hydrogen (secondary N) is 1. The monoisotopic (exact) mass is 245 g/mol. The Bertz CT molecular complexity index is 408. The number of hydrogen-bond donors (Lipinski definition) is 1. The van der Waals surface area contributed by atoms with Crippen LogP contribution in [0.2, 0.25) is 0 Å². The molecule has 1 aromatic rings. The van der Waals surface area contributed by atoms with E-state index in [1.54, 1.807) is 11.1 Å². The predicted octanol–water partition coefficient (Wildman–Crippen LogP) is 4.32. The molecule has 0 radical (unpaired) electrons. The van der Waals surface area contributed by atoms with Crippen LogP contribution in [0.3, 0.4) is 0 Å². The lowest BCUT2D eigenvalue weighted by molar-refractivity contribution is 0.408. The molecule has 0 bridgehead atoms. The van der Waals surface area contributed by atoms with Crippen LogP contribution in [0.5, 0.6) is 0 Å². The smallest absolute Gasteiger partial charge is 0.0328 e. The molecule has 0 aromatic heterocycles. The molecule has 1 aromatic carbocycles. The molecule has 1 N–H and O–H groups in total. The lowest BCUT2D eigenvalue weighted by Crippen LogP contribution is -2.24. The van der Waals surface area contributed by atoms with E-state index in [0.717, 1.165) is 12.5 Å². The minimum atomic E-state index is 0.567. The zero-order valence-electron chi connectivity index (χ0n) is 12.3. The Morgan fingerprint density at radius 1 is 1.22 bits per heavy atom. The lowest BCUT2D eigenvalue weighted by Gasteiger charge is -2.23. The Labute approximate surface area is 112 Å². The van der Waals surface area contributed by atoms with E-state index in [1.807, 2.05) is 0 Å². The van der Waals surface area contributed by atoms with E-state index in [9.17, 15) is 0 Å². The molecule has 0 amide bonds. The second-order valence-corrected chi connectivity index (χ2v) is 5.98. The Hall–Kier alpha value is -0.820. The summed E-state index contributed by atoms with van der Waals surface area (Å²) in [6, 6.07) is 5.16. The van der Waals surface area contributed by atoms with Gasteiger partial charge in [0.05, 0.1) is 0 Å². The van der Waals surface area contributed by atoms with Crippen LogP contribution in [-0.4, -0.2) is 6.54 Å². The highest BCUT2D eigenvalue weighted by atomic mass is 14.9. The first kappa shape index (κ1) is 13.6. The molecule has 0 fully saturated rings. The van der Waals surface area contributed by atoms with E-state index in [1.165, 1.54) is 36.8 Å². The van der Waals surface area contributed by atoms with Crippen molar-refractivity contribution < 1.29 is 0 Å². The number of fused-ring (bicyclic) bond motifs is 1. The van der Waals surface area contributed by atoms with Crippen LogP contribution in [0.1, 0.15) is 61.4 Å². The highest BCUT2D eigenvalue weighted by Crippen LogP contribution is 2.35. The molecule has 2 atom stereocenters. The molecule has 0 heterocycles. The third-order valence-electron chi connectivity index (χ3n) is 4.32. The van der Waals surface area contributed by atoms with Gasteiger partial charge in [-0.15, -0.1) is 0 Å². The van der Waals surface area contributed by atoms with E-state index in [-0.39, 0.29) is 0 Å². The van der Waals surface area contributed by atoms with Crippen molar-refractivity contribution in [3.05, 3.63) is 34.4 Å². The first-order valence-electron chi connectivity index (χ1n) is 7.45. The SMILES string of the molecule is CCCNC1CC(C)CCc2c(C)ccc(C)c21. The van der Waals surface area contributed by atoms with Crippen LogP contribution in [0.25, 0.3) is 0 Å². The Kier molecular flexibility index (Phi) is 4.45. The maximum Gasteiger partial charge on any atom is 0.0328 e. The summed E-state index contributed by atoms with van der Waals surface area (Å²) >= 11 is 0. The quantitative estimate of drug-likeness (QED) is 0.782. The Morgan fingerprint density at radius 3 is 2.67 bits per heavy atom. The minimum Gasteiger partial charge on any atom is -0.310 e. The van der Waals surface area contributed by atoms with E-state index in [0.29, 0.717) is 6.04 Å². The van der Waals surface area contributed by atoms with E-state index >= 15 is 0 Å². The fourth-order valence-corrected chi connectivity index (χ4v) is 3.24. The van der Waals surface area contributed by atoms with E-state index < -0.39 is 0 Å². The summed E-state index contributed by atoms with van der Waals surface area (Å²) in [5.41, 5.74) is 6.17. The van der Waals surface area contributed by atoms with Gasteiger partial charge in [-0.2, -0.15) is 0 Å². The minimum absolute atomic E-state index is 0.567. The van der Waals surface area contributed by atoms with Gasteiger partial charge in [0, 0.05) is 6.04 Å². The first-order valence-corrected chi connectivity index (χ1v) is 7.45. The molecule has 18 heavy (non-hydrogen) atoms. The molecule has 0 saturated carbocycles. The summed E-state index contributed by atoms with van der Waals surface area (Å²) in [7, 11) is 0. The summed E-state index contributed by atoms with van der Waals surface area (Å²) in [4.78, 5) is 0. The van der Waals surface area contributed by atoms with E-state index in [2.05, 4.69) is 45.1 Å². The molecule has 0 aliphatic heterocycles. The molecule has 100 valence electrons. The van der Waals surface area contributed by atoms with Gasteiger partial charge in [0.25, 0.3) is 0 Å². The summed E-state index contributed by atoms with van der Waals surface area (Å²) in [6.07, 6.45) is 5.10. The molecule has 2 unspecified atom stereocenters. The molecule has 0 spiro atoms. The normalized spacial score (nSPS) is 23.6. The van der Waals surface area contributed by atoms with Gasteiger partial charge in [-0.25, -0.2) is 0 Å². The zero-order chi connectivity index (χ0) is 13.1. The summed E-state index contributed by atoms with van der Waals surface area (Å²) in [5.74, 6) is 0.825. The molecule has 1 aliphatic carbocycles. The van der Waals surface area contributed by atoms with Crippen molar-refractivity contribution in [2.75, 3.05) is 6.54 Å². The topological polar surface area (TPSA) is 12.0 Å². The molecule has 0 saturated heterocycles. The van der Waals surface area contributed by atoms with Crippen molar-refractivity contribution in [1.82, 2.24) is 5.32 Å². The van der Waals surface area contributed by atoms with Gasteiger partial charge in [0.15, 0.2) is 0 Å². The van der Waals surface area contributed by atoms with Crippen molar-refractivity contribution in [2.24, 2.45) is 5.92 Å². The largest absolute Gasteiger partial charge is 0.310 e. The zero-order valence-corrected chi connectivity index (χ0v) is 12.3. The van der Waals surface area contributed by atoms with Gasteiger partial charge in [-0.1, -0.05) is 26.0 Å². The number of hydrogen-bond acceptors (Lipinski definition) is 1. The van der Waals surface area contributed by atoms with Crippen LogP contribution in [0.4, 0.5) is 0 Å². The van der Waals surface area contributed by atoms with Gasteiger partial charge in [-0.05, 0) is 74.2 Å². The Morgan fingerprint density at radius 2 is 1.94 bits per heavy atom. The number of aryl methyl sites for hydroxylation is 2. The van der Waals surface area contributed by atoms with E-state index in [4.69, 9.17) is 0 Å². The van der Waals surface area contributed by atoms with Crippen LogP contribution in [-0.2, 0) is 6.42 Å². The fourth-order valence-electron chi connectivity index (χ4n) is 3.24. The first-order chi connectivity index (χ1) is 8.63.